The van der Waals surface area contributed by atoms with Crippen LogP contribution in [0.4, 0.5) is 0 Å². The van der Waals surface area contributed by atoms with Crippen LogP contribution in [0.15, 0.2) is 0 Å². The van der Waals surface area contributed by atoms with Crippen molar-refractivity contribution in [2.24, 2.45) is 0 Å². The first-order valence-corrected chi connectivity index (χ1v) is 8.54. The molecule has 5 unspecified atom stereocenters. The van der Waals surface area contributed by atoms with Crippen molar-refractivity contribution < 1.29 is 59.4 Å². The topological polar surface area (TPSA) is 188 Å². The fraction of sp³-hybridized carbons (Fsp3) is 1.00. The van der Waals surface area contributed by atoms with E-state index in [1.54, 1.807) is 0 Å². The molecule has 2 heterocycles. The van der Waals surface area contributed by atoms with E-state index in [0.717, 1.165) is 0 Å². The van der Waals surface area contributed by atoms with E-state index in [2.05, 4.69) is 0 Å². The van der Waals surface area contributed by atoms with E-state index < -0.39 is 74.6 Å². The molecule has 2 aliphatic rings. The summed E-state index contributed by atoms with van der Waals surface area (Å²) in [7, 11) is 1.46. The first-order chi connectivity index (χ1) is 12.8. The number of aliphatic hydroxyl groups is 7. The van der Waals surface area contributed by atoms with Gasteiger partial charge in [-0.3, -0.25) is 0 Å². The number of hydrogen-bond acceptors (Lipinski definition) is 12. The highest BCUT2D eigenvalue weighted by molar-refractivity contribution is 4.94. The Labute approximate surface area is 155 Å². The highest BCUT2D eigenvalue weighted by Crippen LogP contribution is 2.29. The van der Waals surface area contributed by atoms with E-state index in [0.29, 0.717) is 0 Å². The Balaban J connectivity index is 2.06. The Morgan fingerprint density at radius 3 is 1.89 bits per heavy atom. The maximum atomic E-state index is 10.3. The molecule has 160 valence electrons. The van der Waals surface area contributed by atoms with Gasteiger partial charge in [0.1, 0.15) is 48.8 Å². The van der Waals surface area contributed by atoms with E-state index >= 15 is 0 Å². The molecule has 0 aliphatic carbocycles. The van der Waals surface area contributed by atoms with Crippen LogP contribution in [0.1, 0.15) is 0 Å². The maximum absolute atomic E-state index is 10.3. The summed E-state index contributed by atoms with van der Waals surface area (Å²) in [6.45, 7) is -0.982. The highest BCUT2D eigenvalue weighted by Gasteiger charge is 2.50. The SMILES string of the molecule is COCCOC1OC(CO)[C@@H](O[C@@H]2OC(CO)[C@H](O)[C@H](O)C2O)[C@@H](O)C1O. The highest BCUT2D eigenvalue weighted by atomic mass is 16.7. The quantitative estimate of drug-likeness (QED) is 0.193. The number of methoxy groups -OCH3 is 1. The average Bonchev–Trinajstić information content (AvgIpc) is 2.67. The predicted molar refractivity (Wildman–Crippen MR) is 84.2 cm³/mol. The lowest BCUT2D eigenvalue weighted by molar-refractivity contribution is -0.359. The second kappa shape index (κ2) is 10.3. The first kappa shape index (κ1) is 22.8. The summed E-state index contributed by atoms with van der Waals surface area (Å²) >= 11 is 0. The molecule has 0 radical (unpaired) electrons. The molecule has 12 nitrogen and oxygen atoms in total. The minimum atomic E-state index is -1.71. The lowest BCUT2D eigenvalue weighted by Crippen LogP contribution is -2.64. The Kier molecular flexibility index (Phi) is 8.73. The van der Waals surface area contributed by atoms with Crippen molar-refractivity contribution in [2.45, 2.75) is 61.4 Å². The van der Waals surface area contributed by atoms with Crippen LogP contribution in [-0.4, -0.2) is 131 Å². The van der Waals surface area contributed by atoms with Crippen molar-refractivity contribution >= 4 is 0 Å². The molecule has 0 bridgehead atoms. The standard InChI is InChI=1S/C15H28O12/c1-23-2-3-24-14-12(22)10(20)13(7(5-17)26-14)27-15-11(21)9(19)8(18)6(4-16)25-15/h6-22H,2-5H2,1H3/t6?,7?,8-,9-,10-,11?,12?,13+,14?,15-/m0/s1. The van der Waals surface area contributed by atoms with Crippen molar-refractivity contribution in [3.63, 3.8) is 0 Å². The molecule has 2 rings (SSSR count). The predicted octanol–water partition coefficient (Wildman–Crippen LogP) is -4.73. The van der Waals surface area contributed by atoms with Gasteiger partial charge in [-0.05, 0) is 0 Å². The van der Waals surface area contributed by atoms with E-state index in [1.807, 2.05) is 0 Å². The molecule has 0 aromatic rings. The molecule has 0 aromatic carbocycles. The van der Waals surface area contributed by atoms with Crippen LogP contribution in [0.25, 0.3) is 0 Å². The van der Waals surface area contributed by atoms with Gasteiger partial charge < -0.3 is 59.4 Å². The van der Waals surface area contributed by atoms with Crippen LogP contribution >= 0.6 is 0 Å². The van der Waals surface area contributed by atoms with Crippen molar-refractivity contribution in [1.82, 2.24) is 0 Å². The Bertz CT molecular complexity index is 435. The molecular weight excluding hydrogens is 372 g/mol. The van der Waals surface area contributed by atoms with Crippen LogP contribution < -0.4 is 0 Å². The molecule has 2 aliphatic heterocycles. The zero-order chi connectivity index (χ0) is 20.1. The zero-order valence-corrected chi connectivity index (χ0v) is 14.8. The molecule has 2 fully saturated rings. The lowest BCUT2D eigenvalue weighted by Gasteiger charge is -2.45. The van der Waals surface area contributed by atoms with Crippen molar-refractivity contribution in [1.29, 1.82) is 0 Å². The molecule has 0 amide bonds. The van der Waals surface area contributed by atoms with Crippen LogP contribution in [0.5, 0.6) is 0 Å². The summed E-state index contributed by atoms with van der Waals surface area (Å²) in [5, 5.41) is 68.9. The second-order valence-corrected chi connectivity index (χ2v) is 6.37. The third kappa shape index (κ3) is 5.12. The minimum Gasteiger partial charge on any atom is -0.394 e. The third-order valence-corrected chi connectivity index (χ3v) is 4.53. The fourth-order valence-corrected chi connectivity index (χ4v) is 2.94. The largest absolute Gasteiger partial charge is 0.394 e. The van der Waals surface area contributed by atoms with Crippen molar-refractivity contribution in [2.75, 3.05) is 33.5 Å². The van der Waals surface area contributed by atoms with Gasteiger partial charge >= 0.3 is 0 Å². The third-order valence-electron chi connectivity index (χ3n) is 4.53. The fourth-order valence-electron chi connectivity index (χ4n) is 2.94. The molecule has 0 spiro atoms. The Morgan fingerprint density at radius 1 is 0.704 bits per heavy atom. The summed E-state index contributed by atoms with van der Waals surface area (Å²) < 4.78 is 26.1. The van der Waals surface area contributed by atoms with Gasteiger partial charge in [0, 0.05) is 7.11 Å². The van der Waals surface area contributed by atoms with Gasteiger partial charge in [0.25, 0.3) is 0 Å². The molecule has 27 heavy (non-hydrogen) atoms. The van der Waals surface area contributed by atoms with Crippen LogP contribution in [0.2, 0.25) is 0 Å². The summed E-state index contributed by atoms with van der Waals surface area (Å²) in [5.74, 6) is 0. The second-order valence-electron chi connectivity index (χ2n) is 6.37. The van der Waals surface area contributed by atoms with Gasteiger partial charge in [0.2, 0.25) is 0 Å². The molecule has 7 N–H and O–H groups in total. The van der Waals surface area contributed by atoms with Crippen LogP contribution in [0, 0.1) is 0 Å². The zero-order valence-electron chi connectivity index (χ0n) is 14.8. The smallest absolute Gasteiger partial charge is 0.187 e. The van der Waals surface area contributed by atoms with Gasteiger partial charge in [0.05, 0.1) is 26.4 Å². The monoisotopic (exact) mass is 400 g/mol. The normalized spacial score (nSPS) is 45.8. The molecule has 10 atom stereocenters. The molecule has 0 aromatic heterocycles. The summed E-state index contributed by atoms with van der Waals surface area (Å²) in [6, 6.07) is 0. The van der Waals surface area contributed by atoms with Gasteiger partial charge in [-0.2, -0.15) is 0 Å². The van der Waals surface area contributed by atoms with Crippen molar-refractivity contribution in [3.8, 4) is 0 Å². The minimum absolute atomic E-state index is 0.0708. The Morgan fingerprint density at radius 2 is 1.30 bits per heavy atom. The lowest BCUT2D eigenvalue weighted by atomic mass is 9.97. The number of hydrogen-bond donors (Lipinski definition) is 7. The summed E-state index contributed by atoms with van der Waals surface area (Å²) in [4.78, 5) is 0. The summed E-state index contributed by atoms with van der Waals surface area (Å²) in [5.41, 5.74) is 0. The van der Waals surface area contributed by atoms with E-state index in [9.17, 15) is 35.7 Å². The first-order valence-electron chi connectivity index (χ1n) is 8.54. The van der Waals surface area contributed by atoms with E-state index in [4.69, 9.17) is 23.7 Å². The average molecular weight is 400 g/mol. The number of ether oxygens (including phenoxy) is 5. The Hall–Kier alpha value is -0.480. The van der Waals surface area contributed by atoms with Gasteiger partial charge in [-0.15, -0.1) is 0 Å². The van der Waals surface area contributed by atoms with Gasteiger partial charge in [-0.1, -0.05) is 0 Å². The van der Waals surface area contributed by atoms with Crippen LogP contribution in [-0.2, 0) is 23.7 Å². The number of rotatable bonds is 8. The van der Waals surface area contributed by atoms with Crippen LogP contribution in [0.3, 0.4) is 0 Å². The maximum Gasteiger partial charge on any atom is 0.187 e. The molecule has 12 heteroatoms. The van der Waals surface area contributed by atoms with Crippen molar-refractivity contribution in [3.05, 3.63) is 0 Å². The van der Waals surface area contributed by atoms with Gasteiger partial charge in [0.15, 0.2) is 12.6 Å². The molecule has 2 saturated heterocycles. The summed E-state index contributed by atoms with van der Waals surface area (Å²) in [6.07, 6.45) is -14.6. The van der Waals surface area contributed by atoms with Gasteiger partial charge in [-0.25, -0.2) is 0 Å². The number of aliphatic hydroxyl groups excluding tert-OH is 7. The van der Waals surface area contributed by atoms with E-state index in [-0.39, 0.29) is 13.2 Å². The molecule has 0 saturated carbocycles. The molecular formula is C15H28O12. The van der Waals surface area contributed by atoms with E-state index in [1.165, 1.54) is 7.11 Å².